The minimum Gasteiger partial charge on any atom is -0.463 e. The topological polar surface area (TPSA) is 26.3 Å². The van der Waals surface area contributed by atoms with Crippen molar-refractivity contribution < 1.29 is 9.53 Å². The molecule has 0 saturated heterocycles. The van der Waals surface area contributed by atoms with Gasteiger partial charge in [-0.1, -0.05) is 33.6 Å². The first-order valence-electron chi connectivity index (χ1n) is 6.30. The first-order valence-corrected chi connectivity index (χ1v) is 7.10. The summed E-state index contributed by atoms with van der Waals surface area (Å²) >= 11 is 3.44. The Labute approximate surface area is 116 Å². The summed E-state index contributed by atoms with van der Waals surface area (Å²) in [6, 6.07) is 8.45. The van der Waals surface area contributed by atoms with E-state index in [9.17, 15) is 4.79 Å². The van der Waals surface area contributed by atoms with Crippen LogP contribution in [0.25, 0.3) is 0 Å². The molecule has 1 aromatic carbocycles. The summed E-state index contributed by atoms with van der Waals surface area (Å²) in [6.45, 7) is 2.27. The third-order valence-corrected chi connectivity index (χ3v) is 3.80. The zero-order valence-electron chi connectivity index (χ0n) is 10.5. The molecule has 0 heterocycles. The van der Waals surface area contributed by atoms with Crippen LogP contribution in [0, 0.1) is 0 Å². The number of esters is 1. The van der Waals surface area contributed by atoms with Gasteiger partial charge < -0.3 is 4.74 Å². The number of allylic oxidation sites excluding steroid dienone is 1. The SMILES string of the molecule is CCOC(=O)C=C1CC[C@@H](c2ccc(Br)cc2)C1. The molecule has 0 unspecified atom stereocenters. The highest BCUT2D eigenvalue weighted by Gasteiger charge is 2.21. The molecule has 3 heteroatoms. The van der Waals surface area contributed by atoms with E-state index in [2.05, 4.69) is 40.2 Å². The van der Waals surface area contributed by atoms with E-state index in [1.54, 1.807) is 6.08 Å². The molecular formula is C15H17BrO2. The molecule has 0 bridgehead atoms. The van der Waals surface area contributed by atoms with Crippen LogP contribution in [0.1, 0.15) is 37.7 Å². The Hall–Kier alpha value is -1.09. The Morgan fingerprint density at radius 2 is 2.17 bits per heavy atom. The van der Waals surface area contributed by atoms with Crippen LogP contribution in [-0.2, 0) is 9.53 Å². The standard InChI is InChI=1S/C15H17BrO2/c1-2-18-15(17)10-11-3-4-13(9-11)12-5-7-14(16)8-6-12/h5-8,10,13H,2-4,9H2,1H3/t13-/m1/s1. The second kappa shape index (κ2) is 6.19. The van der Waals surface area contributed by atoms with Crippen LogP contribution in [0.2, 0.25) is 0 Å². The lowest BCUT2D eigenvalue weighted by atomic mass is 9.97. The van der Waals surface area contributed by atoms with Crippen molar-refractivity contribution in [2.45, 2.75) is 32.1 Å². The Morgan fingerprint density at radius 3 is 2.83 bits per heavy atom. The predicted octanol–water partition coefficient (Wildman–Crippen LogP) is 4.21. The highest BCUT2D eigenvalue weighted by Crippen LogP contribution is 2.38. The number of carbonyl (C=O) groups excluding carboxylic acids is 1. The maximum Gasteiger partial charge on any atom is 0.330 e. The van der Waals surface area contributed by atoms with Crippen molar-refractivity contribution in [2.24, 2.45) is 0 Å². The summed E-state index contributed by atoms with van der Waals surface area (Å²) < 4.78 is 6.04. The molecule has 96 valence electrons. The van der Waals surface area contributed by atoms with Gasteiger partial charge in [0.15, 0.2) is 0 Å². The molecular weight excluding hydrogens is 292 g/mol. The minimum absolute atomic E-state index is 0.205. The number of hydrogen-bond donors (Lipinski definition) is 0. The van der Waals surface area contributed by atoms with E-state index in [1.165, 1.54) is 11.1 Å². The summed E-state index contributed by atoms with van der Waals surface area (Å²) in [7, 11) is 0. The molecule has 0 aromatic heterocycles. The minimum atomic E-state index is -0.205. The third-order valence-electron chi connectivity index (χ3n) is 3.27. The quantitative estimate of drug-likeness (QED) is 0.618. The maximum absolute atomic E-state index is 11.4. The summed E-state index contributed by atoms with van der Waals surface area (Å²) in [5, 5.41) is 0. The smallest absolute Gasteiger partial charge is 0.330 e. The van der Waals surface area contributed by atoms with Gasteiger partial charge in [0.1, 0.15) is 0 Å². The highest BCUT2D eigenvalue weighted by molar-refractivity contribution is 9.10. The molecule has 1 aliphatic rings. The number of rotatable bonds is 3. The second-order valence-corrected chi connectivity index (χ2v) is 5.46. The lowest BCUT2D eigenvalue weighted by Gasteiger charge is -2.08. The zero-order chi connectivity index (χ0) is 13.0. The highest BCUT2D eigenvalue weighted by atomic mass is 79.9. The van der Waals surface area contributed by atoms with E-state index in [-0.39, 0.29) is 5.97 Å². The lowest BCUT2D eigenvalue weighted by Crippen LogP contribution is -2.00. The van der Waals surface area contributed by atoms with Gasteiger partial charge in [0.05, 0.1) is 6.61 Å². The Balaban J connectivity index is 2.00. The molecule has 1 aliphatic carbocycles. The molecule has 2 rings (SSSR count). The molecule has 18 heavy (non-hydrogen) atoms. The molecule has 1 atom stereocenters. The second-order valence-electron chi connectivity index (χ2n) is 4.55. The average Bonchev–Trinajstić information content (AvgIpc) is 2.78. The van der Waals surface area contributed by atoms with Gasteiger partial charge in [0.2, 0.25) is 0 Å². The number of hydrogen-bond acceptors (Lipinski definition) is 2. The fraction of sp³-hybridized carbons (Fsp3) is 0.400. The van der Waals surface area contributed by atoms with Gasteiger partial charge in [-0.3, -0.25) is 0 Å². The molecule has 2 nitrogen and oxygen atoms in total. The van der Waals surface area contributed by atoms with E-state index < -0.39 is 0 Å². The van der Waals surface area contributed by atoms with Crippen molar-refractivity contribution in [3.63, 3.8) is 0 Å². The molecule has 0 spiro atoms. The fourth-order valence-electron chi connectivity index (χ4n) is 2.38. The summed E-state index contributed by atoms with van der Waals surface area (Å²) in [5.41, 5.74) is 2.56. The van der Waals surface area contributed by atoms with E-state index in [0.29, 0.717) is 12.5 Å². The van der Waals surface area contributed by atoms with Crippen LogP contribution in [0.15, 0.2) is 40.4 Å². The van der Waals surface area contributed by atoms with Gasteiger partial charge in [-0.2, -0.15) is 0 Å². The van der Waals surface area contributed by atoms with E-state index >= 15 is 0 Å². The third kappa shape index (κ3) is 3.45. The van der Waals surface area contributed by atoms with Gasteiger partial charge in [0, 0.05) is 10.5 Å². The summed E-state index contributed by atoms with van der Waals surface area (Å²) in [6.07, 6.45) is 4.76. The van der Waals surface area contributed by atoms with Gasteiger partial charge in [-0.15, -0.1) is 0 Å². The van der Waals surface area contributed by atoms with Gasteiger partial charge in [0.25, 0.3) is 0 Å². The largest absolute Gasteiger partial charge is 0.463 e. The van der Waals surface area contributed by atoms with Crippen LogP contribution in [-0.4, -0.2) is 12.6 Å². The Kier molecular flexibility index (Phi) is 4.59. The van der Waals surface area contributed by atoms with Gasteiger partial charge >= 0.3 is 5.97 Å². The number of carbonyl (C=O) groups is 1. The van der Waals surface area contributed by atoms with Crippen LogP contribution in [0.3, 0.4) is 0 Å². The van der Waals surface area contributed by atoms with Gasteiger partial charge in [-0.05, 0) is 49.8 Å². The summed E-state index contributed by atoms with van der Waals surface area (Å²) in [5.74, 6) is 0.336. The molecule has 0 radical (unpaired) electrons. The Morgan fingerprint density at radius 1 is 1.44 bits per heavy atom. The van der Waals surface area contributed by atoms with Crippen molar-refractivity contribution in [1.82, 2.24) is 0 Å². The van der Waals surface area contributed by atoms with Crippen molar-refractivity contribution in [2.75, 3.05) is 6.61 Å². The molecule has 1 aromatic rings. The number of ether oxygens (including phenoxy) is 1. The zero-order valence-corrected chi connectivity index (χ0v) is 12.1. The van der Waals surface area contributed by atoms with Crippen LogP contribution < -0.4 is 0 Å². The van der Waals surface area contributed by atoms with Crippen LogP contribution in [0.5, 0.6) is 0 Å². The predicted molar refractivity (Wildman–Crippen MR) is 75.5 cm³/mol. The van der Waals surface area contributed by atoms with Crippen LogP contribution in [0.4, 0.5) is 0 Å². The molecule has 0 N–H and O–H groups in total. The monoisotopic (exact) mass is 308 g/mol. The van der Waals surface area contributed by atoms with Crippen molar-refractivity contribution in [1.29, 1.82) is 0 Å². The Bertz CT molecular complexity index is 448. The molecule has 1 saturated carbocycles. The molecule has 0 aliphatic heterocycles. The number of benzene rings is 1. The summed E-state index contributed by atoms with van der Waals surface area (Å²) in [4.78, 5) is 11.4. The molecule has 1 fully saturated rings. The van der Waals surface area contributed by atoms with Crippen LogP contribution >= 0.6 is 15.9 Å². The first-order chi connectivity index (χ1) is 8.69. The van der Waals surface area contributed by atoms with Crippen molar-refractivity contribution >= 4 is 21.9 Å². The van der Waals surface area contributed by atoms with E-state index in [4.69, 9.17) is 4.74 Å². The van der Waals surface area contributed by atoms with Gasteiger partial charge in [-0.25, -0.2) is 4.79 Å². The average molecular weight is 309 g/mol. The van der Waals surface area contributed by atoms with E-state index in [1.807, 2.05) is 6.92 Å². The maximum atomic E-state index is 11.4. The first kappa shape index (κ1) is 13.3. The normalized spacial score (nSPS) is 21.2. The lowest BCUT2D eigenvalue weighted by molar-refractivity contribution is -0.137. The van der Waals surface area contributed by atoms with Crippen molar-refractivity contribution in [3.05, 3.63) is 46.0 Å². The number of halogens is 1. The molecule has 0 amide bonds. The van der Waals surface area contributed by atoms with E-state index in [0.717, 1.165) is 23.7 Å². The van der Waals surface area contributed by atoms with Crippen molar-refractivity contribution in [3.8, 4) is 0 Å². The fourth-order valence-corrected chi connectivity index (χ4v) is 2.65.